The summed E-state index contributed by atoms with van der Waals surface area (Å²) in [6, 6.07) is 11.0. The van der Waals surface area contributed by atoms with E-state index in [4.69, 9.17) is 0 Å². The largest absolute Gasteiger partial charge is 0.337 e. The Kier molecular flexibility index (Phi) is 3.75. The van der Waals surface area contributed by atoms with Crippen LogP contribution in [0.3, 0.4) is 0 Å². The highest BCUT2D eigenvalue weighted by Gasteiger charge is 2.00. The number of para-hydroxylation sites is 1. The van der Waals surface area contributed by atoms with Gasteiger partial charge >= 0.3 is 6.03 Å². The summed E-state index contributed by atoms with van der Waals surface area (Å²) in [5.74, 6) is 0. The highest BCUT2D eigenvalue weighted by molar-refractivity contribution is 5.89. The van der Waals surface area contributed by atoms with Crippen molar-refractivity contribution < 1.29 is 4.79 Å². The first-order valence-corrected chi connectivity index (χ1v) is 5.43. The summed E-state index contributed by atoms with van der Waals surface area (Å²) in [4.78, 5) is 11.5. The van der Waals surface area contributed by atoms with Gasteiger partial charge in [0.1, 0.15) is 0 Å². The minimum Gasteiger partial charge on any atom is -0.337 e. The SMILES string of the molecule is O=C(NCCc1ccn[nH]1)Nc1ccccc1. The lowest BCUT2D eigenvalue weighted by molar-refractivity contribution is 0.252. The van der Waals surface area contributed by atoms with Gasteiger partial charge in [0.15, 0.2) is 0 Å². The molecule has 3 N–H and O–H groups in total. The number of carbonyl (C=O) groups is 1. The third kappa shape index (κ3) is 3.64. The van der Waals surface area contributed by atoms with E-state index in [0.29, 0.717) is 6.54 Å². The first-order valence-electron chi connectivity index (χ1n) is 5.43. The Labute approximate surface area is 99.2 Å². The molecule has 1 aromatic carbocycles. The summed E-state index contributed by atoms with van der Waals surface area (Å²) < 4.78 is 0. The van der Waals surface area contributed by atoms with Gasteiger partial charge in [0.05, 0.1) is 0 Å². The number of carbonyl (C=O) groups excluding carboxylic acids is 1. The second-order valence-electron chi connectivity index (χ2n) is 3.58. The fourth-order valence-corrected chi connectivity index (χ4v) is 1.43. The summed E-state index contributed by atoms with van der Waals surface area (Å²) in [6.45, 7) is 0.570. The number of hydrogen-bond donors (Lipinski definition) is 3. The average molecular weight is 230 g/mol. The first-order chi connectivity index (χ1) is 8.34. The zero-order valence-corrected chi connectivity index (χ0v) is 9.31. The third-order valence-corrected chi connectivity index (χ3v) is 2.27. The molecule has 0 unspecified atom stereocenters. The molecule has 0 aliphatic heterocycles. The molecule has 5 nitrogen and oxygen atoms in total. The molecule has 0 fully saturated rings. The molecule has 2 amide bonds. The van der Waals surface area contributed by atoms with Crippen molar-refractivity contribution >= 4 is 11.7 Å². The highest BCUT2D eigenvalue weighted by atomic mass is 16.2. The number of benzene rings is 1. The number of rotatable bonds is 4. The van der Waals surface area contributed by atoms with Gasteiger partial charge < -0.3 is 10.6 Å². The molecule has 0 spiro atoms. The van der Waals surface area contributed by atoms with E-state index < -0.39 is 0 Å². The van der Waals surface area contributed by atoms with E-state index in [1.54, 1.807) is 6.20 Å². The maximum atomic E-state index is 11.5. The van der Waals surface area contributed by atoms with Gasteiger partial charge in [-0.05, 0) is 18.2 Å². The van der Waals surface area contributed by atoms with Crippen molar-refractivity contribution in [2.24, 2.45) is 0 Å². The maximum Gasteiger partial charge on any atom is 0.319 e. The highest BCUT2D eigenvalue weighted by Crippen LogP contribution is 2.03. The van der Waals surface area contributed by atoms with Crippen molar-refractivity contribution in [3.05, 3.63) is 48.3 Å². The van der Waals surface area contributed by atoms with Gasteiger partial charge in [-0.2, -0.15) is 5.10 Å². The monoisotopic (exact) mass is 230 g/mol. The Bertz CT molecular complexity index is 453. The van der Waals surface area contributed by atoms with Crippen LogP contribution in [-0.2, 0) is 6.42 Å². The number of aromatic amines is 1. The summed E-state index contributed by atoms with van der Waals surface area (Å²) in [7, 11) is 0. The molecule has 2 aromatic rings. The summed E-state index contributed by atoms with van der Waals surface area (Å²) in [5.41, 5.74) is 1.79. The molecule has 0 radical (unpaired) electrons. The standard InChI is InChI=1S/C12H14N4O/c17-12(15-10-4-2-1-3-5-10)13-8-6-11-7-9-14-16-11/h1-5,7,9H,6,8H2,(H,14,16)(H2,13,15,17). The van der Waals surface area contributed by atoms with E-state index in [-0.39, 0.29) is 6.03 Å². The van der Waals surface area contributed by atoms with Gasteiger partial charge in [0.25, 0.3) is 0 Å². The lowest BCUT2D eigenvalue weighted by Crippen LogP contribution is -2.30. The van der Waals surface area contributed by atoms with E-state index >= 15 is 0 Å². The topological polar surface area (TPSA) is 69.8 Å². The molecule has 0 aliphatic carbocycles. The Hall–Kier alpha value is -2.30. The van der Waals surface area contributed by atoms with Gasteiger partial charge in [-0.3, -0.25) is 5.10 Å². The Morgan fingerprint density at radius 1 is 1.24 bits per heavy atom. The molecule has 88 valence electrons. The first kappa shape index (κ1) is 11.2. The van der Waals surface area contributed by atoms with E-state index in [9.17, 15) is 4.79 Å². The van der Waals surface area contributed by atoms with Gasteiger partial charge in [-0.25, -0.2) is 4.79 Å². The Balaban J connectivity index is 1.71. The van der Waals surface area contributed by atoms with Crippen LogP contribution in [0, 0.1) is 0 Å². The quantitative estimate of drug-likeness (QED) is 0.749. The lowest BCUT2D eigenvalue weighted by Gasteiger charge is -2.06. The number of amides is 2. The van der Waals surface area contributed by atoms with E-state index in [1.165, 1.54) is 0 Å². The molecule has 0 atom stereocenters. The molecule has 0 saturated heterocycles. The summed E-state index contributed by atoms with van der Waals surface area (Å²) in [5, 5.41) is 12.2. The molecule has 17 heavy (non-hydrogen) atoms. The van der Waals surface area contributed by atoms with E-state index in [2.05, 4.69) is 20.8 Å². The number of H-pyrrole nitrogens is 1. The number of urea groups is 1. The molecule has 0 saturated carbocycles. The minimum atomic E-state index is -0.198. The zero-order valence-electron chi connectivity index (χ0n) is 9.31. The summed E-state index contributed by atoms with van der Waals surface area (Å²) in [6.07, 6.45) is 2.43. The molecular formula is C12H14N4O. The van der Waals surface area contributed by atoms with Crippen LogP contribution in [0.25, 0.3) is 0 Å². The molecule has 0 aliphatic rings. The lowest BCUT2D eigenvalue weighted by atomic mass is 10.3. The molecular weight excluding hydrogens is 216 g/mol. The second-order valence-corrected chi connectivity index (χ2v) is 3.58. The van der Waals surface area contributed by atoms with Crippen molar-refractivity contribution in [2.45, 2.75) is 6.42 Å². The second kappa shape index (κ2) is 5.69. The van der Waals surface area contributed by atoms with Crippen molar-refractivity contribution in [2.75, 3.05) is 11.9 Å². The predicted molar refractivity (Wildman–Crippen MR) is 65.8 cm³/mol. The van der Waals surface area contributed by atoms with E-state index in [1.807, 2.05) is 36.4 Å². The molecule has 1 aromatic heterocycles. The Morgan fingerprint density at radius 3 is 2.76 bits per heavy atom. The molecule has 5 heteroatoms. The van der Waals surface area contributed by atoms with Crippen LogP contribution in [0.2, 0.25) is 0 Å². The van der Waals surface area contributed by atoms with Crippen LogP contribution in [0.5, 0.6) is 0 Å². The van der Waals surface area contributed by atoms with Crippen LogP contribution in [-0.4, -0.2) is 22.8 Å². The number of aromatic nitrogens is 2. The normalized spacial score (nSPS) is 9.88. The van der Waals surface area contributed by atoms with Crippen LogP contribution < -0.4 is 10.6 Å². The minimum absolute atomic E-state index is 0.198. The van der Waals surface area contributed by atoms with Crippen molar-refractivity contribution in [3.63, 3.8) is 0 Å². The van der Waals surface area contributed by atoms with Gasteiger partial charge in [0, 0.05) is 30.5 Å². The van der Waals surface area contributed by atoms with Crippen LogP contribution >= 0.6 is 0 Å². The van der Waals surface area contributed by atoms with Crippen molar-refractivity contribution in [1.29, 1.82) is 0 Å². The number of hydrogen-bond acceptors (Lipinski definition) is 2. The third-order valence-electron chi connectivity index (χ3n) is 2.27. The number of nitrogens with zero attached hydrogens (tertiary/aromatic N) is 1. The van der Waals surface area contributed by atoms with E-state index in [0.717, 1.165) is 17.8 Å². The van der Waals surface area contributed by atoms with Gasteiger partial charge in [-0.15, -0.1) is 0 Å². The molecule has 2 rings (SSSR count). The van der Waals surface area contributed by atoms with Crippen LogP contribution in [0.15, 0.2) is 42.6 Å². The summed E-state index contributed by atoms with van der Waals surface area (Å²) >= 11 is 0. The fraction of sp³-hybridized carbons (Fsp3) is 0.167. The van der Waals surface area contributed by atoms with Crippen molar-refractivity contribution in [1.82, 2.24) is 15.5 Å². The molecule has 0 bridgehead atoms. The number of nitrogens with one attached hydrogen (secondary N) is 3. The van der Waals surface area contributed by atoms with Crippen LogP contribution in [0.1, 0.15) is 5.69 Å². The van der Waals surface area contributed by atoms with Gasteiger partial charge in [0.2, 0.25) is 0 Å². The number of anilines is 1. The smallest absolute Gasteiger partial charge is 0.319 e. The fourth-order valence-electron chi connectivity index (χ4n) is 1.43. The van der Waals surface area contributed by atoms with Crippen LogP contribution in [0.4, 0.5) is 10.5 Å². The van der Waals surface area contributed by atoms with Gasteiger partial charge in [-0.1, -0.05) is 18.2 Å². The zero-order chi connectivity index (χ0) is 11.9. The predicted octanol–water partition coefficient (Wildman–Crippen LogP) is 1.77. The average Bonchev–Trinajstić information content (AvgIpc) is 2.83. The molecule has 1 heterocycles. The maximum absolute atomic E-state index is 11.5. The van der Waals surface area contributed by atoms with Crippen molar-refractivity contribution in [3.8, 4) is 0 Å². The Morgan fingerprint density at radius 2 is 2.06 bits per heavy atom.